The highest BCUT2D eigenvalue weighted by Crippen LogP contribution is 2.39. The van der Waals surface area contributed by atoms with Crippen LogP contribution in [0.4, 0.5) is 18.9 Å². The molecule has 1 aromatic rings. The maximum Gasteiger partial charge on any atom is 0.417 e. The standard InChI is InChI=1S/C9H7BrF3N/c10-7-3-5-1-2-14-8(5)4-6(7)9(11,12)13/h3-4,14H,1-2H2. The number of nitrogens with one attached hydrogen (secondary N) is 1. The molecule has 0 aliphatic carbocycles. The zero-order chi connectivity index (χ0) is 10.3. The Morgan fingerprint density at radius 1 is 1.29 bits per heavy atom. The van der Waals surface area contributed by atoms with Crippen molar-refractivity contribution in [3.05, 3.63) is 27.7 Å². The van der Waals surface area contributed by atoms with E-state index in [1.807, 2.05) is 0 Å². The lowest BCUT2D eigenvalue weighted by atomic mass is 10.1. The number of benzene rings is 1. The molecule has 0 bridgehead atoms. The topological polar surface area (TPSA) is 12.0 Å². The van der Waals surface area contributed by atoms with E-state index in [9.17, 15) is 13.2 Å². The Hall–Kier alpha value is -0.710. The first-order valence-electron chi connectivity index (χ1n) is 4.12. The van der Waals surface area contributed by atoms with Crippen molar-refractivity contribution in [3.63, 3.8) is 0 Å². The van der Waals surface area contributed by atoms with Crippen LogP contribution in [0.2, 0.25) is 0 Å². The van der Waals surface area contributed by atoms with Crippen LogP contribution in [-0.2, 0) is 12.6 Å². The molecular formula is C9H7BrF3N. The molecule has 0 radical (unpaired) electrons. The van der Waals surface area contributed by atoms with Gasteiger partial charge in [0.05, 0.1) is 5.56 Å². The molecule has 5 heteroatoms. The highest BCUT2D eigenvalue weighted by atomic mass is 79.9. The molecule has 0 spiro atoms. The average molecular weight is 266 g/mol. The fourth-order valence-corrected chi connectivity index (χ4v) is 2.15. The summed E-state index contributed by atoms with van der Waals surface area (Å²) in [6.45, 7) is 0.711. The summed E-state index contributed by atoms with van der Waals surface area (Å²) in [7, 11) is 0. The monoisotopic (exact) mass is 265 g/mol. The predicted octanol–water partition coefficient (Wildman–Crippen LogP) is 3.44. The summed E-state index contributed by atoms with van der Waals surface area (Å²) >= 11 is 2.94. The number of hydrogen-bond acceptors (Lipinski definition) is 1. The van der Waals surface area contributed by atoms with E-state index < -0.39 is 11.7 Å². The van der Waals surface area contributed by atoms with Crippen molar-refractivity contribution in [2.75, 3.05) is 11.9 Å². The van der Waals surface area contributed by atoms with Gasteiger partial charge in [-0.15, -0.1) is 0 Å². The number of hydrogen-bond donors (Lipinski definition) is 1. The molecule has 1 aliphatic heterocycles. The van der Waals surface area contributed by atoms with E-state index in [1.165, 1.54) is 6.07 Å². The number of halogens is 4. The number of anilines is 1. The van der Waals surface area contributed by atoms with Crippen molar-refractivity contribution in [2.24, 2.45) is 0 Å². The van der Waals surface area contributed by atoms with Crippen LogP contribution in [0.1, 0.15) is 11.1 Å². The number of rotatable bonds is 0. The molecule has 1 N–H and O–H groups in total. The van der Waals surface area contributed by atoms with Crippen molar-refractivity contribution in [2.45, 2.75) is 12.6 Å². The summed E-state index contributed by atoms with van der Waals surface area (Å²) in [5.74, 6) is 0. The van der Waals surface area contributed by atoms with Gasteiger partial charge in [0.1, 0.15) is 0 Å². The van der Waals surface area contributed by atoms with Gasteiger partial charge >= 0.3 is 6.18 Å². The second-order valence-electron chi connectivity index (χ2n) is 3.16. The van der Waals surface area contributed by atoms with Crippen molar-refractivity contribution >= 4 is 21.6 Å². The van der Waals surface area contributed by atoms with Crippen molar-refractivity contribution in [1.82, 2.24) is 0 Å². The van der Waals surface area contributed by atoms with E-state index >= 15 is 0 Å². The summed E-state index contributed by atoms with van der Waals surface area (Å²) in [5.41, 5.74) is 0.913. The summed E-state index contributed by atoms with van der Waals surface area (Å²) in [6, 6.07) is 2.70. The molecule has 1 aromatic carbocycles. The second-order valence-corrected chi connectivity index (χ2v) is 4.02. The Balaban J connectivity index is 2.53. The maximum absolute atomic E-state index is 12.5. The van der Waals surface area contributed by atoms with E-state index in [2.05, 4.69) is 21.2 Å². The van der Waals surface area contributed by atoms with Gasteiger partial charge in [0.15, 0.2) is 0 Å². The minimum Gasteiger partial charge on any atom is -0.384 e. The first kappa shape index (κ1) is 9.83. The minimum atomic E-state index is -4.29. The Labute approximate surface area is 87.4 Å². The van der Waals surface area contributed by atoms with E-state index in [-0.39, 0.29) is 4.47 Å². The molecular weight excluding hydrogens is 259 g/mol. The Morgan fingerprint density at radius 3 is 2.64 bits per heavy atom. The van der Waals surface area contributed by atoms with Gasteiger partial charge < -0.3 is 5.32 Å². The van der Waals surface area contributed by atoms with E-state index in [0.717, 1.165) is 18.1 Å². The Kier molecular flexibility index (Phi) is 2.21. The van der Waals surface area contributed by atoms with E-state index in [1.54, 1.807) is 0 Å². The van der Waals surface area contributed by atoms with Crippen LogP contribution < -0.4 is 5.32 Å². The lowest BCUT2D eigenvalue weighted by Crippen LogP contribution is -2.06. The van der Waals surface area contributed by atoms with Crippen LogP contribution in [0.5, 0.6) is 0 Å². The molecule has 76 valence electrons. The Bertz CT molecular complexity index is 373. The van der Waals surface area contributed by atoms with Gasteiger partial charge in [0, 0.05) is 16.7 Å². The van der Waals surface area contributed by atoms with Crippen LogP contribution >= 0.6 is 15.9 Å². The molecule has 0 amide bonds. The van der Waals surface area contributed by atoms with Crippen LogP contribution in [0.15, 0.2) is 16.6 Å². The lowest BCUT2D eigenvalue weighted by Gasteiger charge is -2.11. The highest BCUT2D eigenvalue weighted by Gasteiger charge is 2.34. The predicted molar refractivity (Wildman–Crippen MR) is 51.3 cm³/mol. The average Bonchev–Trinajstić information content (AvgIpc) is 2.47. The normalized spacial score (nSPS) is 15.1. The smallest absolute Gasteiger partial charge is 0.384 e. The van der Waals surface area contributed by atoms with Gasteiger partial charge in [-0.05, 0) is 24.1 Å². The summed E-state index contributed by atoms with van der Waals surface area (Å²) in [4.78, 5) is 0. The molecule has 0 aromatic heterocycles. The molecule has 1 nitrogen and oxygen atoms in total. The zero-order valence-electron chi connectivity index (χ0n) is 7.08. The second kappa shape index (κ2) is 3.15. The molecule has 0 fully saturated rings. The van der Waals surface area contributed by atoms with Crippen LogP contribution in [-0.4, -0.2) is 6.54 Å². The minimum absolute atomic E-state index is 0.118. The molecule has 2 rings (SSSR count). The zero-order valence-corrected chi connectivity index (χ0v) is 8.67. The largest absolute Gasteiger partial charge is 0.417 e. The van der Waals surface area contributed by atoms with Gasteiger partial charge in [-0.25, -0.2) is 0 Å². The van der Waals surface area contributed by atoms with Gasteiger partial charge in [-0.2, -0.15) is 13.2 Å². The SMILES string of the molecule is FC(F)(F)c1cc2c(cc1Br)CCN2. The first-order valence-corrected chi connectivity index (χ1v) is 4.91. The summed E-state index contributed by atoms with van der Waals surface area (Å²) in [6.07, 6.45) is -3.51. The van der Waals surface area contributed by atoms with Crippen LogP contribution in [0, 0.1) is 0 Å². The van der Waals surface area contributed by atoms with Crippen molar-refractivity contribution in [1.29, 1.82) is 0 Å². The molecule has 0 atom stereocenters. The van der Waals surface area contributed by atoms with Crippen molar-refractivity contribution < 1.29 is 13.2 Å². The first-order chi connectivity index (χ1) is 6.48. The molecule has 0 saturated carbocycles. The fraction of sp³-hybridized carbons (Fsp3) is 0.333. The molecule has 0 saturated heterocycles. The van der Waals surface area contributed by atoms with Crippen LogP contribution in [0.3, 0.4) is 0 Å². The third kappa shape index (κ3) is 1.61. The quantitative estimate of drug-likeness (QED) is 0.758. The fourth-order valence-electron chi connectivity index (χ4n) is 1.53. The van der Waals surface area contributed by atoms with Gasteiger partial charge in [0.25, 0.3) is 0 Å². The van der Waals surface area contributed by atoms with Gasteiger partial charge in [-0.1, -0.05) is 15.9 Å². The molecule has 14 heavy (non-hydrogen) atoms. The van der Waals surface area contributed by atoms with Crippen molar-refractivity contribution in [3.8, 4) is 0 Å². The van der Waals surface area contributed by atoms with E-state index in [0.29, 0.717) is 12.2 Å². The maximum atomic E-state index is 12.5. The third-order valence-corrected chi connectivity index (χ3v) is 2.86. The molecule has 1 heterocycles. The lowest BCUT2D eigenvalue weighted by molar-refractivity contribution is -0.138. The van der Waals surface area contributed by atoms with Gasteiger partial charge in [0.2, 0.25) is 0 Å². The third-order valence-electron chi connectivity index (χ3n) is 2.21. The van der Waals surface area contributed by atoms with Gasteiger partial charge in [-0.3, -0.25) is 0 Å². The van der Waals surface area contributed by atoms with Crippen LogP contribution in [0.25, 0.3) is 0 Å². The summed E-state index contributed by atoms with van der Waals surface area (Å²) < 4.78 is 37.5. The summed E-state index contributed by atoms with van der Waals surface area (Å²) in [5, 5.41) is 2.92. The van der Waals surface area contributed by atoms with E-state index in [4.69, 9.17) is 0 Å². The molecule has 1 aliphatic rings. The molecule has 0 unspecified atom stereocenters. The number of fused-ring (bicyclic) bond motifs is 1. The Morgan fingerprint density at radius 2 is 2.00 bits per heavy atom. The number of alkyl halides is 3. The highest BCUT2D eigenvalue weighted by molar-refractivity contribution is 9.10.